The SMILES string of the molecule is C=C(C)C(N)c1ccc(Br)cc1C. The highest BCUT2D eigenvalue weighted by Gasteiger charge is 2.08. The van der Waals surface area contributed by atoms with Crippen molar-refractivity contribution in [3.05, 3.63) is 46.0 Å². The summed E-state index contributed by atoms with van der Waals surface area (Å²) < 4.78 is 1.09. The van der Waals surface area contributed by atoms with Crippen molar-refractivity contribution in [2.24, 2.45) is 5.73 Å². The molecule has 0 aliphatic rings. The fraction of sp³-hybridized carbons (Fsp3) is 0.273. The van der Waals surface area contributed by atoms with Crippen molar-refractivity contribution in [2.45, 2.75) is 19.9 Å². The van der Waals surface area contributed by atoms with E-state index in [4.69, 9.17) is 5.73 Å². The number of hydrogen-bond donors (Lipinski definition) is 1. The Balaban J connectivity index is 3.08. The van der Waals surface area contributed by atoms with Crippen LogP contribution in [0.15, 0.2) is 34.8 Å². The summed E-state index contributed by atoms with van der Waals surface area (Å²) in [6, 6.07) is 6.07. The molecule has 1 nitrogen and oxygen atoms in total. The molecule has 0 aromatic heterocycles. The van der Waals surface area contributed by atoms with Gasteiger partial charge in [-0.3, -0.25) is 0 Å². The average Bonchev–Trinajstić information content (AvgIpc) is 2.03. The number of aryl methyl sites for hydroxylation is 1. The average molecular weight is 240 g/mol. The summed E-state index contributed by atoms with van der Waals surface area (Å²) in [4.78, 5) is 0. The van der Waals surface area contributed by atoms with E-state index in [2.05, 4.69) is 35.5 Å². The first kappa shape index (κ1) is 10.5. The molecule has 1 aromatic carbocycles. The van der Waals surface area contributed by atoms with Gasteiger partial charge in [0.05, 0.1) is 6.04 Å². The Labute approximate surface area is 87.8 Å². The summed E-state index contributed by atoms with van der Waals surface area (Å²) in [5, 5.41) is 0. The van der Waals surface area contributed by atoms with Crippen LogP contribution >= 0.6 is 15.9 Å². The van der Waals surface area contributed by atoms with Crippen LogP contribution in [-0.2, 0) is 0 Å². The third kappa shape index (κ3) is 2.42. The van der Waals surface area contributed by atoms with Crippen LogP contribution in [0.4, 0.5) is 0 Å². The smallest absolute Gasteiger partial charge is 0.0508 e. The predicted molar refractivity (Wildman–Crippen MR) is 60.6 cm³/mol. The summed E-state index contributed by atoms with van der Waals surface area (Å²) in [7, 11) is 0. The van der Waals surface area contributed by atoms with Crippen LogP contribution in [0.1, 0.15) is 24.1 Å². The quantitative estimate of drug-likeness (QED) is 0.788. The number of rotatable bonds is 2. The third-order valence-corrected chi connectivity index (χ3v) is 2.59. The van der Waals surface area contributed by atoms with Gasteiger partial charge >= 0.3 is 0 Å². The van der Waals surface area contributed by atoms with Crippen LogP contribution in [0.2, 0.25) is 0 Å². The number of halogens is 1. The first-order valence-corrected chi connectivity index (χ1v) is 4.98. The van der Waals surface area contributed by atoms with Crippen LogP contribution in [0, 0.1) is 6.92 Å². The van der Waals surface area contributed by atoms with Gasteiger partial charge in [0.1, 0.15) is 0 Å². The topological polar surface area (TPSA) is 26.0 Å². The zero-order chi connectivity index (χ0) is 10.0. The van der Waals surface area contributed by atoms with Gasteiger partial charge in [-0.05, 0) is 37.1 Å². The number of benzene rings is 1. The molecule has 0 aliphatic carbocycles. The lowest BCUT2D eigenvalue weighted by atomic mass is 9.98. The van der Waals surface area contributed by atoms with Gasteiger partial charge in [-0.2, -0.15) is 0 Å². The van der Waals surface area contributed by atoms with Crippen molar-refractivity contribution in [2.75, 3.05) is 0 Å². The summed E-state index contributed by atoms with van der Waals surface area (Å²) in [5.74, 6) is 0. The Kier molecular flexibility index (Phi) is 3.28. The molecule has 0 aliphatic heterocycles. The molecule has 1 unspecified atom stereocenters. The standard InChI is InChI=1S/C11H14BrN/c1-7(2)11(13)10-5-4-9(12)6-8(10)3/h4-6,11H,1,13H2,2-3H3. The van der Waals surface area contributed by atoms with Crippen molar-refractivity contribution in [3.8, 4) is 0 Å². The minimum atomic E-state index is -0.0481. The van der Waals surface area contributed by atoms with Gasteiger partial charge in [0.25, 0.3) is 0 Å². The molecule has 0 spiro atoms. The Morgan fingerprint density at radius 1 is 1.54 bits per heavy atom. The van der Waals surface area contributed by atoms with Gasteiger partial charge < -0.3 is 5.73 Å². The van der Waals surface area contributed by atoms with E-state index in [-0.39, 0.29) is 6.04 Å². The largest absolute Gasteiger partial charge is 0.321 e. The molecule has 0 saturated heterocycles. The molecule has 2 heteroatoms. The Bertz CT molecular complexity index is 331. The van der Waals surface area contributed by atoms with Crippen molar-refractivity contribution in [1.82, 2.24) is 0 Å². The van der Waals surface area contributed by atoms with Gasteiger partial charge in [0.15, 0.2) is 0 Å². The lowest BCUT2D eigenvalue weighted by Crippen LogP contribution is -2.12. The maximum atomic E-state index is 5.97. The van der Waals surface area contributed by atoms with Crippen LogP contribution < -0.4 is 5.73 Å². The van der Waals surface area contributed by atoms with E-state index in [9.17, 15) is 0 Å². The monoisotopic (exact) mass is 239 g/mol. The van der Waals surface area contributed by atoms with E-state index in [1.54, 1.807) is 0 Å². The summed E-state index contributed by atoms with van der Waals surface area (Å²) in [6.45, 7) is 7.87. The van der Waals surface area contributed by atoms with Gasteiger partial charge in [-0.1, -0.05) is 34.1 Å². The van der Waals surface area contributed by atoms with Crippen molar-refractivity contribution in [3.63, 3.8) is 0 Å². The van der Waals surface area contributed by atoms with Gasteiger partial charge in [0, 0.05) is 4.47 Å². The molecule has 1 aromatic rings. The predicted octanol–water partition coefficient (Wildman–Crippen LogP) is 3.33. The van der Waals surface area contributed by atoms with Gasteiger partial charge in [-0.25, -0.2) is 0 Å². The minimum Gasteiger partial charge on any atom is -0.321 e. The molecule has 13 heavy (non-hydrogen) atoms. The molecule has 70 valence electrons. The Morgan fingerprint density at radius 2 is 2.15 bits per heavy atom. The molecule has 2 N–H and O–H groups in total. The Morgan fingerprint density at radius 3 is 2.62 bits per heavy atom. The van der Waals surface area contributed by atoms with Crippen LogP contribution in [0.25, 0.3) is 0 Å². The second-order valence-electron chi connectivity index (χ2n) is 3.32. The van der Waals surface area contributed by atoms with E-state index in [1.165, 1.54) is 5.56 Å². The molecule has 0 bridgehead atoms. The highest BCUT2D eigenvalue weighted by Crippen LogP contribution is 2.23. The third-order valence-electron chi connectivity index (χ3n) is 2.10. The van der Waals surface area contributed by atoms with Crippen molar-refractivity contribution < 1.29 is 0 Å². The van der Waals surface area contributed by atoms with Gasteiger partial charge in [0.2, 0.25) is 0 Å². The molecule has 1 atom stereocenters. The fourth-order valence-electron chi connectivity index (χ4n) is 1.25. The van der Waals surface area contributed by atoms with E-state index in [1.807, 2.05) is 19.1 Å². The van der Waals surface area contributed by atoms with Gasteiger partial charge in [-0.15, -0.1) is 0 Å². The molecule has 0 amide bonds. The van der Waals surface area contributed by atoms with Crippen molar-refractivity contribution >= 4 is 15.9 Å². The fourth-order valence-corrected chi connectivity index (χ4v) is 1.73. The summed E-state index contributed by atoms with van der Waals surface area (Å²) in [6.07, 6.45) is 0. The van der Waals surface area contributed by atoms with Crippen molar-refractivity contribution in [1.29, 1.82) is 0 Å². The highest BCUT2D eigenvalue weighted by molar-refractivity contribution is 9.10. The number of nitrogens with two attached hydrogens (primary N) is 1. The summed E-state index contributed by atoms with van der Waals surface area (Å²) >= 11 is 3.42. The summed E-state index contributed by atoms with van der Waals surface area (Å²) in [5.41, 5.74) is 9.31. The molecular formula is C11H14BrN. The first-order valence-electron chi connectivity index (χ1n) is 4.19. The normalized spacial score (nSPS) is 12.6. The van der Waals surface area contributed by atoms with E-state index in [0.717, 1.165) is 15.6 Å². The zero-order valence-electron chi connectivity index (χ0n) is 7.97. The maximum Gasteiger partial charge on any atom is 0.0508 e. The number of hydrogen-bond acceptors (Lipinski definition) is 1. The Hall–Kier alpha value is -0.600. The molecule has 1 rings (SSSR count). The second-order valence-corrected chi connectivity index (χ2v) is 4.24. The maximum absolute atomic E-state index is 5.97. The van der Waals surface area contributed by atoms with Crippen LogP contribution in [-0.4, -0.2) is 0 Å². The molecule has 0 fully saturated rings. The molecule has 0 radical (unpaired) electrons. The van der Waals surface area contributed by atoms with Crippen LogP contribution in [0.5, 0.6) is 0 Å². The van der Waals surface area contributed by atoms with Crippen LogP contribution in [0.3, 0.4) is 0 Å². The lowest BCUT2D eigenvalue weighted by molar-refractivity contribution is 0.841. The highest BCUT2D eigenvalue weighted by atomic mass is 79.9. The van der Waals surface area contributed by atoms with E-state index >= 15 is 0 Å². The second kappa shape index (κ2) is 4.07. The lowest BCUT2D eigenvalue weighted by Gasteiger charge is -2.14. The molecule has 0 saturated carbocycles. The zero-order valence-corrected chi connectivity index (χ0v) is 9.56. The first-order chi connectivity index (χ1) is 6.02. The van der Waals surface area contributed by atoms with E-state index in [0.29, 0.717) is 0 Å². The minimum absolute atomic E-state index is 0.0481. The molecule has 0 heterocycles. The molecular weight excluding hydrogens is 226 g/mol. The van der Waals surface area contributed by atoms with E-state index < -0.39 is 0 Å².